The lowest BCUT2D eigenvalue weighted by Gasteiger charge is -2.24. The van der Waals surface area contributed by atoms with Crippen molar-refractivity contribution in [3.05, 3.63) is 89.5 Å². The smallest absolute Gasteiger partial charge is 0.407 e. The van der Waals surface area contributed by atoms with Crippen molar-refractivity contribution in [2.24, 2.45) is 0 Å². The molecule has 2 amide bonds. The van der Waals surface area contributed by atoms with Crippen LogP contribution in [0.25, 0.3) is 11.1 Å². The molecular formula is C28H26N2O5. The number of benzene rings is 3. The summed E-state index contributed by atoms with van der Waals surface area (Å²) in [5, 5.41) is 12.3. The fourth-order valence-corrected chi connectivity index (χ4v) is 5.14. The molecule has 0 bridgehead atoms. The van der Waals surface area contributed by atoms with Crippen LogP contribution < -0.4 is 10.2 Å². The van der Waals surface area contributed by atoms with Gasteiger partial charge in [0.25, 0.3) is 0 Å². The molecule has 2 atom stereocenters. The molecule has 3 aromatic rings. The number of carbonyl (C=O) groups is 3. The molecule has 2 N–H and O–H groups in total. The Kier molecular flexibility index (Phi) is 5.99. The molecular weight excluding hydrogens is 444 g/mol. The maximum Gasteiger partial charge on any atom is 0.407 e. The summed E-state index contributed by atoms with van der Waals surface area (Å²) in [6.07, 6.45) is -0.325. The zero-order chi connectivity index (χ0) is 24.5. The van der Waals surface area contributed by atoms with Gasteiger partial charge in [-0.1, -0.05) is 73.7 Å². The molecule has 0 fully saturated rings. The molecule has 0 radical (unpaired) electrons. The number of hydrogen-bond acceptors (Lipinski definition) is 4. The molecule has 0 spiro atoms. The molecule has 0 aromatic heterocycles. The molecule has 1 aliphatic carbocycles. The van der Waals surface area contributed by atoms with Crippen molar-refractivity contribution in [1.82, 2.24) is 5.32 Å². The summed E-state index contributed by atoms with van der Waals surface area (Å²) < 4.78 is 5.60. The Morgan fingerprint density at radius 2 is 1.51 bits per heavy atom. The highest BCUT2D eigenvalue weighted by molar-refractivity contribution is 6.02. The Bertz CT molecular complexity index is 1260. The van der Waals surface area contributed by atoms with E-state index in [4.69, 9.17) is 4.74 Å². The first-order chi connectivity index (χ1) is 17.0. The van der Waals surface area contributed by atoms with Crippen molar-refractivity contribution < 1.29 is 24.2 Å². The monoisotopic (exact) mass is 470 g/mol. The first kappa shape index (κ1) is 22.7. The first-order valence-corrected chi connectivity index (χ1v) is 11.7. The third kappa shape index (κ3) is 4.03. The minimum Gasteiger partial charge on any atom is -0.481 e. The van der Waals surface area contributed by atoms with Crippen LogP contribution in [0.1, 0.15) is 41.9 Å². The van der Waals surface area contributed by atoms with Crippen LogP contribution in [0, 0.1) is 0 Å². The number of nitrogens with one attached hydrogen (secondary N) is 1. The zero-order valence-corrected chi connectivity index (χ0v) is 19.3. The van der Waals surface area contributed by atoms with Gasteiger partial charge in [-0.3, -0.25) is 9.59 Å². The number of fused-ring (bicyclic) bond motifs is 4. The number of para-hydroxylation sites is 1. The predicted molar refractivity (Wildman–Crippen MR) is 131 cm³/mol. The molecule has 7 heteroatoms. The van der Waals surface area contributed by atoms with Crippen molar-refractivity contribution in [2.45, 2.75) is 31.2 Å². The van der Waals surface area contributed by atoms with Gasteiger partial charge in [-0.25, -0.2) is 4.79 Å². The summed E-state index contributed by atoms with van der Waals surface area (Å²) in [6.45, 7) is 1.98. The summed E-state index contributed by atoms with van der Waals surface area (Å²) in [4.78, 5) is 39.2. The average molecular weight is 471 g/mol. The van der Waals surface area contributed by atoms with Crippen molar-refractivity contribution in [3.63, 3.8) is 0 Å². The number of carboxylic acids is 1. The molecule has 2 aliphatic rings. The summed E-state index contributed by atoms with van der Waals surface area (Å²) in [5.41, 5.74) is 5.66. The van der Waals surface area contributed by atoms with E-state index in [9.17, 15) is 19.5 Å². The van der Waals surface area contributed by atoms with Crippen LogP contribution in [0.5, 0.6) is 0 Å². The molecule has 7 nitrogen and oxygen atoms in total. The van der Waals surface area contributed by atoms with Crippen LogP contribution in [0.2, 0.25) is 0 Å². The number of ether oxygens (including phenoxy) is 1. The number of carbonyl (C=O) groups excluding carboxylic acids is 2. The van der Waals surface area contributed by atoms with E-state index in [1.165, 1.54) is 4.90 Å². The fraction of sp³-hybridized carbons (Fsp3) is 0.250. The van der Waals surface area contributed by atoms with Gasteiger partial charge in [0.15, 0.2) is 0 Å². The molecule has 0 saturated carbocycles. The number of aliphatic carboxylic acids is 1. The molecule has 5 rings (SSSR count). The largest absolute Gasteiger partial charge is 0.481 e. The number of amides is 2. The lowest BCUT2D eigenvalue weighted by atomic mass is 9.98. The normalized spacial score (nSPS) is 16.7. The fourth-order valence-electron chi connectivity index (χ4n) is 5.14. The van der Waals surface area contributed by atoms with Gasteiger partial charge in [0.05, 0.1) is 0 Å². The van der Waals surface area contributed by atoms with Gasteiger partial charge in [0.1, 0.15) is 18.6 Å². The van der Waals surface area contributed by atoms with Crippen molar-refractivity contribution >= 4 is 23.7 Å². The van der Waals surface area contributed by atoms with Gasteiger partial charge in [0.2, 0.25) is 5.91 Å². The van der Waals surface area contributed by atoms with Gasteiger partial charge < -0.3 is 20.1 Å². The lowest BCUT2D eigenvalue weighted by molar-refractivity contribution is -0.138. The molecule has 1 aliphatic heterocycles. The molecule has 178 valence electrons. The predicted octanol–water partition coefficient (Wildman–Crippen LogP) is 4.52. The second-order valence-electron chi connectivity index (χ2n) is 8.83. The average Bonchev–Trinajstić information content (AvgIpc) is 3.42. The summed E-state index contributed by atoms with van der Waals surface area (Å²) >= 11 is 0. The van der Waals surface area contributed by atoms with E-state index in [0.717, 1.165) is 22.3 Å². The van der Waals surface area contributed by atoms with E-state index in [-0.39, 0.29) is 25.0 Å². The van der Waals surface area contributed by atoms with Crippen molar-refractivity contribution in [2.75, 3.05) is 18.1 Å². The Hall–Kier alpha value is -4.13. The Labute approximate surface area is 203 Å². The summed E-state index contributed by atoms with van der Waals surface area (Å²) in [7, 11) is 0. The number of nitrogens with zero attached hydrogens (tertiary/aromatic N) is 1. The summed E-state index contributed by atoms with van der Waals surface area (Å²) in [5.74, 6) is -2.20. The molecule has 35 heavy (non-hydrogen) atoms. The van der Waals surface area contributed by atoms with Crippen LogP contribution in [0.4, 0.5) is 10.5 Å². The number of anilines is 1. The number of rotatable bonds is 6. The van der Waals surface area contributed by atoms with E-state index in [2.05, 4.69) is 17.4 Å². The highest BCUT2D eigenvalue weighted by atomic mass is 16.5. The second kappa shape index (κ2) is 9.25. The van der Waals surface area contributed by atoms with Crippen LogP contribution in [-0.4, -0.2) is 42.3 Å². The van der Waals surface area contributed by atoms with Crippen LogP contribution in [0.3, 0.4) is 0 Å². The van der Waals surface area contributed by atoms with E-state index in [0.29, 0.717) is 17.7 Å². The van der Waals surface area contributed by atoms with Crippen molar-refractivity contribution in [1.29, 1.82) is 0 Å². The third-order valence-electron chi connectivity index (χ3n) is 6.87. The quantitative estimate of drug-likeness (QED) is 0.552. The van der Waals surface area contributed by atoms with Gasteiger partial charge in [-0.05, 0) is 40.3 Å². The van der Waals surface area contributed by atoms with Crippen molar-refractivity contribution in [3.8, 4) is 11.1 Å². The van der Waals surface area contributed by atoms with Crippen LogP contribution >= 0.6 is 0 Å². The maximum absolute atomic E-state index is 13.3. The SMILES string of the molecule is CC[C@H](NC(=O)OCC1c2ccccc2-c2ccccc21)C(=O)N1CC(C(=O)O)c2ccccc21. The van der Waals surface area contributed by atoms with E-state index >= 15 is 0 Å². The lowest BCUT2D eigenvalue weighted by Crippen LogP contribution is -2.48. The Morgan fingerprint density at radius 1 is 0.943 bits per heavy atom. The maximum atomic E-state index is 13.3. The van der Waals surface area contributed by atoms with Crippen LogP contribution in [-0.2, 0) is 14.3 Å². The third-order valence-corrected chi connectivity index (χ3v) is 6.87. The van der Waals surface area contributed by atoms with Gasteiger partial charge >= 0.3 is 12.1 Å². The standard InChI is InChI=1S/C28H26N2O5/c1-2-24(26(31)30-15-22(27(32)33)21-13-7-8-14-25(21)30)29-28(34)35-16-23-19-11-5-3-9-17(19)18-10-4-6-12-20(18)23/h3-14,22-24H,2,15-16H2,1H3,(H,29,34)(H,32,33)/t22?,24-/m0/s1. The second-order valence-corrected chi connectivity index (χ2v) is 8.83. The minimum atomic E-state index is -0.981. The van der Waals surface area contributed by atoms with E-state index in [1.807, 2.05) is 36.4 Å². The van der Waals surface area contributed by atoms with Gasteiger partial charge in [-0.15, -0.1) is 0 Å². The zero-order valence-electron chi connectivity index (χ0n) is 19.3. The Balaban J connectivity index is 1.27. The topological polar surface area (TPSA) is 95.9 Å². The van der Waals surface area contributed by atoms with Gasteiger partial charge in [0, 0.05) is 18.2 Å². The highest BCUT2D eigenvalue weighted by Crippen LogP contribution is 2.44. The molecule has 1 heterocycles. The summed E-state index contributed by atoms with van der Waals surface area (Å²) in [6, 6.07) is 22.3. The number of carboxylic acid groups (broad SMARTS) is 1. The van der Waals surface area contributed by atoms with E-state index < -0.39 is 24.0 Å². The molecule has 3 aromatic carbocycles. The highest BCUT2D eigenvalue weighted by Gasteiger charge is 2.39. The Morgan fingerprint density at radius 3 is 2.11 bits per heavy atom. The molecule has 0 saturated heterocycles. The number of hydrogen-bond donors (Lipinski definition) is 2. The molecule has 1 unspecified atom stereocenters. The van der Waals surface area contributed by atoms with Gasteiger partial charge in [-0.2, -0.15) is 0 Å². The number of alkyl carbamates (subject to hydrolysis) is 1. The minimum absolute atomic E-state index is 0.0381. The first-order valence-electron chi connectivity index (χ1n) is 11.7. The van der Waals surface area contributed by atoms with E-state index in [1.54, 1.807) is 31.2 Å². The van der Waals surface area contributed by atoms with Crippen LogP contribution in [0.15, 0.2) is 72.8 Å².